The molecule has 1 unspecified atom stereocenters. The normalized spacial score (nSPS) is 14.3. The van der Waals surface area contributed by atoms with Crippen LogP contribution < -0.4 is 0 Å². The summed E-state index contributed by atoms with van der Waals surface area (Å²) in [4.78, 5) is 40.3. The SMILES string of the molecule is CC(c1cc2ccccc2o1)N(C)C(=O)CCCN1C(=O)c2ccccc2C1=O. The summed E-state index contributed by atoms with van der Waals surface area (Å²) >= 11 is 0. The molecule has 4 rings (SSSR count). The Morgan fingerprint density at radius 1 is 1.03 bits per heavy atom. The molecule has 0 aliphatic carbocycles. The number of para-hydroxylation sites is 1. The molecule has 0 bridgehead atoms. The van der Waals surface area contributed by atoms with Crippen molar-refractivity contribution < 1.29 is 18.8 Å². The lowest BCUT2D eigenvalue weighted by Gasteiger charge is -2.23. The Bertz CT molecular complexity index is 1030. The molecule has 0 saturated carbocycles. The van der Waals surface area contributed by atoms with Gasteiger partial charge in [-0.15, -0.1) is 0 Å². The van der Waals surface area contributed by atoms with Gasteiger partial charge in [-0.25, -0.2) is 0 Å². The fourth-order valence-corrected chi connectivity index (χ4v) is 3.62. The molecule has 2 aromatic carbocycles. The molecule has 3 aromatic rings. The fraction of sp³-hybridized carbons (Fsp3) is 0.261. The number of carbonyl (C=O) groups excluding carboxylic acids is 3. The van der Waals surface area contributed by atoms with Crippen LogP contribution in [0.3, 0.4) is 0 Å². The van der Waals surface area contributed by atoms with E-state index in [0.29, 0.717) is 17.5 Å². The highest BCUT2D eigenvalue weighted by atomic mass is 16.3. The number of imide groups is 1. The van der Waals surface area contributed by atoms with Crippen molar-refractivity contribution in [1.29, 1.82) is 0 Å². The Morgan fingerprint density at radius 2 is 1.66 bits per heavy atom. The van der Waals surface area contributed by atoms with Crippen molar-refractivity contribution in [3.63, 3.8) is 0 Å². The van der Waals surface area contributed by atoms with Crippen LogP contribution in [0.15, 0.2) is 59.0 Å². The Hall–Kier alpha value is -3.41. The number of furan rings is 1. The molecule has 0 spiro atoms. The van der Waals surface area contributed by atoms with Crippen molar-refractivity contribution in [2.45, 2.75) is 25.8 Å². The first-order valence-corrected chi connectivity index (χ1v) is 9.66. The average molecular weight is 390 g/mol. The number of hydrogen-bond acceptors (Lipinski definition) is 4. The Labute approximate surface area is 168 Å². The van der Waals surface area contributed by atoms with Gasteiger partial charge < -0.3 is 9.32 Å². The van der Waals surface area contributed by atoms with E-state index >= 15 is 0 Å². The van der Waals surface area contributed by atoms with Crippen LogP contribution in [0.2, 0.25) is 0 Å². The maximum Gasteiger partial charge on any atom is 0.261 e. The lowest BCUT2D eigenvalue weighted by atomic mass is 10.1. The molecule has 148 valence electrons. The third kappa shape index (κ3) is 3.42. The molecule has 6 heteroatoms. The zero-order valence-corrected chi connectivity index (χ0v) is 16.4. The lowest BCUT2D eigenvalue weighted by Crippen LogP contribution is -2.33. The van der Waals surface area contributed by atoms with E-state index < -0.39 is 0 Å². The van der Waals surface area contributed by atoms with Gasteiger partial charge in [0.05, 0.1) is 17.2 Å². The zero-order valence-electron chi connectivity index (χ0n) is 16.4. The van der Waals surface area contributed by atoms with Gasteiger partial charge in [-0.2, -0.15) is 0 Å². The molecule has 2 heterocycles. The van der Waals surface area contributed by atoms with Crippen LogP contribution in [0.25, 0.3) is 11.0 Å². The quantitative estimate of drug-likeness (QED) is 0.596. The Balaban J connectivity index is 1.35. The van der Waals surface area contributed by atoms with Crippen molar-refractivity contribution >= 4 is 28.7 Å². The monoisotopic (exact) mass is 390 g/mol. The minimum Gasteiger partial charge on any atom is -0.459 e. The zero-order chi connectivity index (χ0) is 20.5. The smallest absolute Gasteiger partial charge is 0.261 e. The van der Waals surface area contributed by atoms with Gasteiger partial charge in [0.1, 0.15) is 11.3 Å². The van der Waals surface area contributed by atoms with Gasteiger partial charge in [0, 0.05) is 25.4 Å². The average Bonchev–Trinajstić information content (AvgIpc) is 3.28. The standard InChI is InChI=1S/C23H22N2O4/c1-15(20-14-16-8-3-6-11-19(16)29-20)24(2)21(26)12-7-13-25-22(27)17-9-4-5-10-18(17)23(25)28/h3-6,8-11,14-15H,7,12-13H2,1-2H3. The van der Waals surface area contributed by atoms with Crippen LogP contribution in [0.5, 0.6) is 0 Å². The van der Waals surface area contributed by atoms with Gasteiger partial charge in [0.2, 0.25) is 5.91 Å². The molecular formula is C23H22N2O4. The molecule has 0 radical (unpaired) electrons. The molecule has 6 nitrogen and oxygen atoms in total. The number of amides is 3. The summed E-state index contributed by atoms with van der Waals surface area (Å²) in [6.07, 6.45) is 0.663. The fourth-order valence-electron chi connectivity index (χ4n) is 3.62. The number of carbonyl (C=O) groups is 3. The topological polar surface area (TPSA) is 70.8 Å². The van der Waals surface area contributed by atoms with Crippen molar-refractivity contribution in [3.05, 3.63) is 71.5 Å². The molecule has 0 N–H and O–H groups in total. The molecule has 1 aliphatic rings. The van der Waals surface area contributed by atoms with Gasteiger partial charge >= 0.3 is 0 Å². The Kier molecular flexibility index (Phi) is 4.92. The van der Waals surface area contributed by atoms with Gasteiger partial charge in [-0.1, -0.05) is 30.3 Å². The van der Waals surface area contributed by atoms with Gasteiger partial charge in [0.15, 0.2) is 0 Å². The van der Waals surface area contributed by atoms with E-state index in [4.69, 9.17) is 4.42 Å². The minimum atomic E-state index is -0.290. The first-order chi connectivity index (χ1) is 14.0. The van der Waals surface area contributed by atoms with Crippen LogP contribution in [0, 0.1) is 0 Å². The van der Waals surface area contributed by atoms with Crippen LogP contribution in [0.4, 0.5) is 0 Å². The number of hydrogen-bond donors (Lipinski definition) is 0. The summed E-state index contributed by atoms with van der Waals surface area (Å²) in [6, 6.07) is 16.3. The third-order valence-corrected chi connectivity index (χ3v) is 5.48. The largest absolute Gasteiger partial charge is 0.459 e. The van der Waals surface area contributed by atoms with Crippen LogP contribution in [-0.2, 0) is 4.79 Å². The maximum atomic E-state index is 12.6. The van der Waals surface area contributed by atoms with E-state index in [1.165, 1.54) is 4.90 Å². The van der Waals surface area contributed by atoms with Gasteiger partial charge in [-0.05, 0) is 37.6 Å². The second-order valence-corrected chi connectivity index (χ2v) is 7.28. The summed E-state index contributed by atoms with van der Waals surface area (Å²) in [5.41, 5.74) is 1.65. The van der Waals surface area contributed by atoms with E-state index in [2.05, 4.69) is 0 Å². The number of benzene rings is 2. The summed E-state index contributed by atoms with van der Waals surface area (Å²) in [5.74, 6) is 0.0843. The predicted molar refractivity (Wildman–Crippen MR) is 108 cm³/mol. The summed E-state index contributed by atoms with van der Waals surface area (Å²) in [6.45, 7) is 2.14. The summed E-state index contributed by atoms with van der Waals surface area (Å²) in [5, 5.41) is 1.00. The highest BCUT2D eigenvalue weighted by molar-refractivity contribution is 6.21. The first kappa shape index (κ1) is 18.9. The van der Waals surface area contributed by atoms with Crippen LogP contribution in [0.1, 0.15) is 52.3 Å². The summed E-state index contributed by atoms with van der Waals surface area (Å²) < 4.78 is 5.86. The van der Waals surface area contributed by atoms with Crippen molar-refractivity contribution in [2.24, 2.45) is 0 Å². The summed E-state index contributed by atoms with van der Waals surface area (Å²) in [7, 11) is 1.74. The molecule has 1 atom stereocenters. The molecule has 3 amide bonds. The molecular weight excluding hydrogens is 368 g/mol. The first-order valence-electron chi connectivity index (χ1n) is 9.66. The van der Waals surface area contributed by atoms with Gasteiger partial charge in [-0.3, -0.25) is 19.3 Å². The van der Waals surface area contributed by atoms with E-state index in [-0.39, 0.29) is 36.7 Å². The minimum absolute atomic E-state index is 0.0606. The van der Waals surface area contributed by atoms with Crippen molar-refractivity contribution in [2.75, 3.05) is 13.6 Å². The van der Waals surface area contributed by atoms with E-state index in [1.54, 1.807) is 36.2 Å². The highest BCUT2D eigenvalue weighted by Gasteiger charge is 2.34. The van der Waals surface area contributed by atoms with Crippen molar-refractivity contribution in [3.8, 4) is 0 Å². The van der Waals surface area contributed by atoms with E-state index in [9.17, 15) is 14.4 Å². The number of nitrogens with zero attached hydrogens (tertiary/aromatic N) is 2. The van der Waals surface area contributed by atoms with Gasteiger partial charge in [0.25, 0.3) is 11.8 Å². The third-order valence-electron chi connectivity index (χ3n) is 5.48. The maximum absolute atomic E-state index is 12.6. The van der Waals surface area contributed by atoms with Crippen molar-refractivity contribution in [1.82, 2.24) is 9.80 Å². The predicted octanol–water partition coefficient (Wildman–Crippen LogP) is 4.03. The number of rotatable bonds is 6. The second kappa shape index (κ2) is 7.54. The van der Waals surface area contributed by atoms with Crippen LogP contribution >= 0.6 is 0 Å². The highest BCUT2D eigenvalue weighted by Crippen LogP contribution is 2.27. The van der Waals surface area contributed by atoms with E-state index in [1.807, 2.05) is 37.3 Å². The molecule has 1 aromatic heterocycles. The lowest BCUT2D eigenvalue weighted by molar-refractivity contribution is -0.132. The second-order valence-electron chi connectivity index (χ2n) is 7.28. The molecule has 1 aliphatic heterocycles. The number of fused-ring (bicyclic) bond motifs is 2. The molecule has 0 fully saturated rings. The molecule has 0 saturated heterocycles. The Morgan fingerprint density at radius 3 is 2.31 bits per heavy atom. The van der Waals surface area contributed by atoms with E-state index in [0.717, 1.165) is 16.7 Å². The van der Waals surface area contributed by atoms with Crippen LogP contribution in [-0.4, -0.2) is 41.1 Å². The molecule has 29 heavy (non-hydrogen) atoms.